The molecular formula is C34H33F4N5O3. The minimum absolute atomic E-state index is 0.0113. The number of carbonyl (C=O) groups excluding carboxylic acids is 2. The zero-order chi connectivity index (χ0) is 32.3. The Hall–Kier alpha value is -4.74. The number of hydrogen-bond donors (Lipinski definition) is 0. The number of hydrogen-bond acceptors (Lipinski definition) is 7. The average Bonchev–Trinajstić information content (AvgIpc) is 3.54. The van der Waals surface area contributed by atoms with Crippen molar-refractivity contribution in [1.82, 2.24) is 14.9 Å². The predicted octanol–water partition coefficient (Wildman–Crippen LogP) is 5.93. The largest absolute Gasteiger partial charge is 0.437 e. The summed E-state index contributed by atoms with van der Waals surface area (Å²) in [6, 6.07) is 19.1. The number of halogens is 4. The van der Waals surface area contributed by atoms with Gasteiger partial charge in [0.2, 0.25) is 17.5 Å². The number of alkyl halides is 3. The number of carbonyl (C=O) groups is 2. The zero-order valence-corrected chi connectivity index (χ0v) is 25.0. The lowest BCUT2D eigenvalue weighted by Gasteiger charge is -2.35. The molecule has 1 atom stereocenters. The highest BCUT2D eigenvalue weighted by atomic mass is 19.4. The summed E-state index contributed by atoms with van der Waals surface area (Å²) in [6.07, 6.45) is -2.10. The summed E-state index contributed by atoms with van der Waals surface area (Å²) in [5.41, 5.74) is 0.563. The second-order valence-electron chi connectivity index (χ2n) is 11.6. The number of anilines is 2. The number of Topliss-reactive ketones (excluding diaryl/α,β-unsaturated/α-hetero) is 1. The lowest BCUT2D eigenvalue weighted by Crippen LogP contribution is -2.49. The topological polar surface area (TPSA) is 82.8 Å². The number of nitrogens with zero attached hydrogens (tertiary/aromatic N) is 5. The van der Waals surface area contributed by atoms with Gasteiger partial charge >= 0.3 is 6.18 Å². The molecule has 4 aromatic rings. The number of piperidine rings is 1. The van der Waals surface area contributed by atoms with Crippen molar-refractivity contribution in [2.45, 2.75) is 37.8 Å². The Labute approximate surface area is 263 Å². The first-order valence-corrected chi connectivity index (χ1v) is 15.3. The number of ketones is 1. The van der Waals surface area contributed by atoms with E-state index < -0.39 is 29.2 Å². The van der Waals surface area contributed by atoms with Gasteiger partial charge in [0, 0.05) is 57.8 Å². The molecule has 2 aromatic carbocycles. The van der Waals surface area contributed by atoms with Crippen LogP contribution in [0.15, 0.2) is 77.3 Å². The second-order valence-corrected chi connectivity index (χ2v) is 11.6. The third-order valence-corrected chi connectivity index (χ3v) is 8.53. The first-order chi connectivity index (χ1) is 22.2. The van der Waals surface area contributed by atoms with E-state index in [-0.39, 0.29) is 30.7 Å². The van der Waals surface area contributed by atoms with E-state index >= 15 is 0 Å². The molecule has 6 rings (SSSR count). The highest BCUT2D eigenvalue weighted by Crippen LogP contribution is 2.37. The van der Waals surface area contributed by atoms with Crippen LogP contribution in [0.1, 0.15) is 51.7 Å². The van der Waals surface area contributed by atoms with Crippen LogP contribution in [0, 0.1) is 5.82 Å². The quantitative estimate of drug-likeness (QED) is 0.175. The molecule has 0 aliphatic carbocycles. The Balaban J connectivity index is 1.08. The van der Waals surface area contributed by atoms with Crippen LogP contribution >= 0.6 is 0 Å². The summed E-state index contributed by atoms with van der Waals surface area (Å²) in [4.78, 5) is 39.4. The minimum atomic E-state index is -4.86. The van der Waals surface area contributed by atoms with Gasteiger partial charge in [-0.15, -0.1) is 0 Å². The fourth-order valence-corrected chi connectivity index (χ4v) is 6.05. The molecule has 46 heavy (non-hydrogen) atoms. The van der Waals surface area contributed by atoms with Crippen LogP contribution in [0.4, 0.5) is 29.4 Å². The van der Waals surface area contributed by atoms with Crippen LogP contribution in [0.3, 0.4) is 0 Å². The fraction of sp³-hybridized carbons (Fsp3) is 0.353. The lowest BCUT2D eigenvalue weighted by molar-refractivity contribution is -0.141. The van der Waals surface area contributed by atoms with E-state index in [1.165, 1.54) is 12.3 Å². The predicted molar refractivity (Wildman–Crippen MR) is 163 cm³/mol. The summed E-state index contributed by atoms with van der Waals surface area (Å²) >= 11 is 0. The molecular weight excluding hydrogens is 602 g/mol. The van der Waals surface area contributed by atoms with Crippen LogP contribution in [-0.2, 0) is 23.8 Å². The Kier molecular flexibility index (Phi) is 9.05. The highest BCUT2D eigenvalue weighted by molar-refractivity contribution is 5.96. The van der Waals surface area contributed by atoms with Crippen molar-refractivity contribution in [2.75, 3.05) is 49.1 Å². The van der Waals surface area contributed by atoms with Gasteiger partial charge in [-0.05, 0) is 41.7 Å². The van der Waals surface area contributed by atoms with Crippen molar-refractivity contribution in [3.8, 4) is 0 Å². The SMILES string of the molecule is O=C(Cc1ccc(N2CCN(C(=O)Cc3ccccc3F)CC2)nc1)c1oc(N2CCCC(c3ccccc3)C2)nc1C(F)(F)F. The molecule has 2 aliphatic heterocycles. The first kappa shape index (κ1) is 31.3. The van der Waals surface area contributed by atoms with Gasteiger partial charge in [0.25, 0.3) is 6.01 Å². The third-order valence-electron chi connectivity index (χ3n) is 8.53. The molecule has 0 radical (unpaired) electrons. The van der Waals surface area contributed by atoms with Crippen LogP contribution in [0.2, 0.25) is 0 Å². The average molecular weight is 636 g/mol. The molecule has 2 fully saturated rings. The van der Waals surface area contributed by atoms with E-state index in [2.05, 4.69) is 9.97 Å². The first-order valence-electron chi connectivity index (χ1n) is 15.3. The normalized spacial score (nSPS) is 17.3. The standard InChI is InChI=1S/C34H33F4N5O3/c35-27-11-5-4-9-25(27)20-30(45)42-17-15-41(16-18-42)29-13-12-23(21-39-29)19-28(44)31-32(34(36,37)38)40-33(46-31)43-14-6-10-26(22-43)24-7-2-1-3-8-24/h1-5,7-9,11-13,21,26H,6,10,14-20,22H2. The van der Waals surface area contributed by atoms with Gasteiger partial charge in [0.05, 0.1) is 6.42 Å². The maximum Gasteiger partial charge on any atom is 0.437 e. The maximum atomic E-state index is 14.0. The zero-order valence-electron chi connectivity index (χ0n) is 25.0. The summed E-state index contributed by atoms with van der Waals surface area (Å²) in [5.74, 6) is -1.47. The summed E-state index contributed by atoms with van der Waals surface area (Å²) in [6.45, 7) is 2.80. The van der Waals surface area contributed by atoms with Gasteiger partial charge in [-0.25, -0.2) is 9.37 Å². The van der Waals surface area contributed by atoms with Gasteiger partial charge in [-0.3, -0.25) is 9.59 Å². The maximum absolute atomic E-state index is 14.0. The number of rotatable bonds is 8. The lowest BCUT2D eigenvalue weighted by atomic mass is 9.91. The molecule has 2 aromatic heterocycles. The van der Waals surface area contributed by atoms with Gasteiger partial charge in [0.1, 0.15) is 11.6 Å². The van der Waals surface area contributed by atoms with Crippen LogP contribution in [0.5, 0.6) is 0 Å². The smallest absolute Gasteiger partial charge is 0.420 e. The Bertz CT molecular complexity index is 1670. The molecule has 1 unspecified atom stereocenters. The molecule has 0 saturated carbocycles. The second kappa shape index (κ2) is 13.3. The van der Waals surface area contributed by atoms with E-state index in [0.29, 0.717) is 56.2 Å². The molecule has 0 N–H and O–H groups in total. The Morgan fingerprint density at radius 1 is 0.870 bits per heavy atom. The number of aromatic nitrogens is 2. The molecule has 2 saturated heterocycles. The van der Waals surface area contributed by atoms with E-state index in [1.807, 2.05) is 35.2 Å². The van der Waals surface area contributed by atoms with Gasteiger partial charge in [0.15, 0.2) is 5.69 Å². The molecule has 1 amide bonds. The molecule has 12 heteroatoms. The molecule has 8 nitrogen and oxygen atoms in total. The van der Waals surface area contributed by atoms with E-state index in [9.17, 15) is 27.2 Å². The van der Waals surface area contributed by atoms with E-state index in [4.69, 9.17) is 4.42 Å². The van der Waals surface area contributed by atoms with Gasteiger partial charge in [-0.2, -0.15) is 18.2 Å². The summed E-state index contributed by atoms with van der Waals surface area (Å²) in [7, 11) is 0. The van der Waals surface area contributed by atoms with Gasteiger partial charge < -0.3 is 19.1 Å². The van der Waals surface area contributed by atoms with Crippen molar-refractivity contribution in [2.24, 2.45) is 0 Å². The van der Waals surface area contributed by atoms with Crippen LogP contribution in [0.25, 0.3) is 0 Å². The number of oxazole rings is 1. The number of amides is 1. The van der Waals surface area contributed by atoms with Gasteiger partial charge in [-0.1, -0.05) is 54.6 Å². The molecule has 0 spiro atoms. The van der Waals surface area contributed by atoms with Crippen molar-refractivity contribution in [3.05, 3.63) is 107 Å². The molecule has 0 bridgehead atoms. The van der Waals surface area contributed by atoms with Crippen LogP contribution in [-0.4, -0.2) is 65.8 Å². The molecule has 240 valence electrons. The van der Waals surface area contributed by atoms with Crippen molar-refractivity contribution < 1.29 is 31.6 Å². The van der Waals surface area contributed by atoms with Crippen LogP contribution < -0.4 is 9.80 Å². The monoisotopic (exact) mass is 635 g/mol. The van der Waals surface area contributed by atoms with E-state index in [1.54, 1.807) is 40.1 Å². The fourth-order valence-electron chi connectivity index (χ4n) is 6.05. The Morgan fingerprint density at radius 2 is 1.61 bits per heavy atom. The summed E-state index contributed by atoms with van der Waals surface area (Å²) < 4.78 is 61.5. The molecule has 4 heterocycles. The Morgan fingerprint density at radius 3 is 2.30 bits per heavy atom. The van der Waals surface area contributed by atoms with Crippen molar-refractivity contribution in [1.29, 1.82) is 0 Å². The minimum Gasteiger partial charge on any atom is -0.420 e. The number of piperazine rings is 1. The van der Waals surface area contributed by atoms with Crippen molar-refractivity contribution in [3.63, 3.8) is 0 Å². The van der Waals surface area contributed by atoms with E-state index in [0.717, 1.165) is 18.4 Å². The van der Waals surface area contributed by atoms with Crippen molar-refractivity contribution >= 4 is 23.5 Å². The number of pyridine rings is 1. The molecule has 2 aliphatic rings. The highest BCUT2D eigenvalue weighted by Gasteiger charge is 2.42. The summed E-state index contributed by atoms with van der Waals surface area (Å²) in [5, 5.41) is 0. The number of benzene rings is 2. The third kappa shape index (κ3) is 7.05.